The van der Waals surface area contributed by atoms with E-state index in [1.54, 1.807) is 0 Å². The molecule has 1 heterocycles. The number of ether oxygens (including phenoxy) is 1. The average molecular weight is 227 g/mol. The first-order chi connectivity index (χ1) is 7.83. The number of hydrogen-bond acceptors (Lipinski definition) is 4. The van der Waals surface area contributed by atoms with E-state index < -0.39 is 0 Å². The SMILES string of the molecule is CCN1CCOC(C(CC2CCC2)NN)C1. The molecular formula is C12H25N3O. The summed E-state index contributed by atoms with van der Waals surface area (Å²) in [6, 6.07) is 0.333. The molecule has 1 aliphatic heterocycles. The first-order valence-electron chi connectivity index (χ1n) is 6.63. The van der Waals surface area contributed by atoms with Crippen molar-refractivity contribution in [1.82, 2.24) is 10.3 Å². The molecule has 1 aliphatic carbocycles. The van der Waals surface area contributed by atoms with Gasteiger partial charge in [0.2, 0.25) is 0 Å². The number of likely N-dealkylation sites (N-methyl/N-ethyl adjacent to an activating group) is 1. The Bertz CT molecular complexity index is 206. The summed E-state index contributed by atoms with van der Waals surface area (Å²) < 4.78 is 5.85. The lowest BCUT2D eigenvalue weighted by molar-refractivity contribution is -0.0503. The maximum Gasteiger partial charge on any atom is 0.0868 e. The van der Waals surface area contributed by atoms with E-state index in [1.165, 1.54) is 25.7 Å². The summed E-state index contributed by atoms with van der Waals surface area (Å²) in [4.78, 5) is 2.44. The Balaban J connectivity index is 1.81. The predicted octanol–water partition coefficient (Wildman–Crippen LogP) is 0.729. The van der Waals surface area contributed by atoms with Crippen molar-refractivity contribution in [2.75, 3.05) is 26.2 Å². The highest BCUT2D eigenvalue weighted by Gasteiger charge is 2.30. The number of nitrogens with one attached hydrogen (secondary N) is 1. The fourth-order valence-corrected chi connectivity index (χ4v) is 2.68. The first-order valence-corrected chi connectivity index (χ1v) is 6.63. The van der Waals surface area contributed by atoms with Crippen LogP contribution in [0.4, 0.5) is 0 Å². The Morgan fingerprint density at radius 3 is 2.88 bits per heavy atom. The second kappa shape index (κ2) is 5.96. The van der Waals surface area contributed by atoms with Gasteiger partial charge in [0, 0.05) is 19.1 Å². The maximum absolute atomic E-state index is 5.85. The van der Waals surface area contributed by atoms with Gasteiger partial charge in [-0.15, -0.1) is 0 Å². The number of hydrogen-bond donors (Lipinski definition) is 2. The maximum atomic E-state index is 5.85. The van der Waals surface area contributed by atoms with Crippen molar-refractivity contribution in [3.05, 3.63) is 0 Å². The quantitative estimate of drug-likeness (QED) is 0.537. The molecule has 0 aromatic carbocycles. The lowest BCUT2D eigenvalue weighted by atomic mass is 9.80. The number of morpholine rings is 1. The van der Waals surface area contributed by atoms with Gasteiger partial charge in [-0.05, 0) is 18.9 Å². The highest BCUT2D eigenvalue weighted by atomic mass is 16.5. The normalized spacial score (nSPS) is 30.0. The van der Waals surface area contributed by atoms with Gasteiger partial charge in [-0.2, -0.15) is 0 Å². The van der Waals surface area contributed by atoms with Gasteiger partial charge in [-0.3, -0.25) is 16.2 Å². The number of nitrogens with zero attached hydrogens (tertiary/aromatic N) is 1. The third-order valence-corrected chi connectivity index (χ3v) is 4.10. The fraction of sp³-hybridized carbons (Fsp3) is 1.00. The second-order valence-electron chi connectivity index (χ2n) is 5.11. The van der Waals surface area contributed by atoms with Crippen LogP contribution in [0.15, 0.2) is 0 Å². The summed E-state index contributed by atoms with van der Waals surface area (Å²) in [7, 11) is 0. The van der Waals surface area contributed by atoms with Gasteiger partial charge >= 0.3 is 0 Å². The van der Waals surface area contributed by atoms with E-state index in [0.29, 0.717) is 6.04 Å². The Morgan fingerprint density at radius 1 is 1.50 bits per heavy atom. The zero-order valence-corrected chi connectivity index (χ0v) is 10.3. The summed E-state index contributed by atoms with van der Waals surface area (Å²) in [5.74, 6) is 6.55. The number of nitrogens with two attached hydrogens (primary N) is 1. The van der Waals surface area contributed by atoms with Crippen molar-refractivity contribution in [1.29, 1.82) is 0 Å². The van der Waals surface area contributed by atoms with Gasteiger partial charge in [0.15, 0.2) is 0 Å². The van der Waals surface area contributed by atoms with Crippen LogP contribution in [0.5, 0.6) is 0 Å². The van der Waals surface area contributed by atoms with Gasteiger partial charge in [0.1, 0.15) is 0 Å². The molecule has 0 amide bonds. The van der Waals surface area contributed by atoms with E-state index in [1.807, 2.05) is 0 Å². The molecule has 94 valence electrons. The predicted molar refractivity (Wildman–Crippen MR) is 64.9 cm³/mol. The summed E-state index contributed by atoms with van der Waals surface area (Å²) >= 11 is 0. The minimum atomic E-state index is 0.277. The lowest BCUT2D eigenvalue weighted by Crippen LogP contribution is -2.54. The molecule has 2 fully saturated rings. The van der Waals surface area contributed by atoms with Crippen LogP contribution in [0, 0.1) is 5.92 Å². The molecule has 0 aromatic rings. The molecule has 0 radical (unpaired) electrons. The summed E-state index contributed by atoms with van der Waals surface area (Å²) in [5.41, 5.74) is 2.96. The Kier molecular flexibility index (Phi) is 4.58. The Labute approximate surface area is 98.5 Å². The van der Waals surface area contributed by atoms with Crippen LogP contribution in [-0.2, 0) is 4.74 Å². The zero-order valence-electron chi connectivity index (χ0n) is 10.3. The van der Waals surface area contributed by atoms with Crippen molar-refractivity contribution >= 4 is 0 Å². The summed E-state index contributed by atoms with van der Waals surface area (Å²) in [5, 5.41) is 0. The van der Waals surface area contributed by atoms with Crippen LogP contribution in [0.25, 0.3) is 0 Å². The molecule has 0 spiro atoms. The smallest absolute Gasteiger partial charge is 0.0868 e. The highest BCUT2D eigenvalue weighted by Crippen LogP contribution is 2.31. The second-order valence-corrected chi connectivity index (χ2v) is 5.11. The molecule has 1 saturated heterocycles. The summed E-state index contributed by atoms with van der Waals surface area (Å²) in [6.45, 7) is 6.26. The topological polar surface area (TPSA) is 50.5 Å². The average Bonchev–Trinajstić information content (AvgIpc) is 2.28. The van der Waals surface area contributed by atoms with E-state index in [2.05, 4.69) is 17.2 Å². The van der Waals surface area contributed by atoms with Gasteiger partial charge in [0.05, 0.1) is 12.7 Å². The number of rotatable bonds is 5. The number of hydrazine groups is 1. The van der Waals surface area contributed by atoms with E-state index in [0.717, 1.165) is 32.2 Å². The molecule has 4 nitrogen and oxygen atoms in total. The molecule has 2 rings (SSSR count). The molecule has 3 N–H and O–H groups in total. The largest absolute Gasteiger partial charge is 0.374 e. The van der Waals surface area contributed by atoms with Crippen LogP contribution in [0.2, 0.25) is 0 Å². The van der Waals surface area contributed by atoms with Crippen molar-refractivity contribution in [3.8, 4) is 0 Å². The highest BCUT2D eigenvalue weighted by molar-refractivity contribution is 4.85. The Hall–Kier alpha value is -0.160. The standard InChI is InChI=1S/C12H25N3O/c1-2-15-6-7-16-12(9-15)11(14-13)8-10-4-3-5-10/h10-12,14H,2-9,13H2,1H3. The van der Waals surface area contributed by atoms with Crippen molar-refractivity contribution in [3.63, 3.8) is 0 Å². The van der Waals surface area contributed by atoms with E-state index in [9.17, 15) is 0 Å². The molecule has 16 heavy (non-hydrogen) atoms. The first kappa shape index (κ1) is 12.3. The summed E-state index contributed by atoms with van der Waals surface area (Å²) in [6.07, 6.45) is 5.61. The van der Waals surface area contributed by atoms with Crippen LogP contribution in [0.3, 0.4) is 0 Å². The molecule has 1 saturated carbocycles. The molecule has 2 aliphatic rings. The minimum Gasteiger partial charge on any atom is -0.374 e. The van der Waals surface area contributed by atoms with Gasteiger partial charge < -0.3 is 4.74 Å². The van der Waals surface area contributed by atoms with Crippen LogP contribution in [0.1, 0.15) is 32.6 Å². The van der Waals surface area contributed by atoms with Crippen LogP contribution >= 0.6 is 0 Å². The molecule has 2 atom stereocenters. The van der Waals surface area contributed by atoms with E-state index in [-0.39, 0.29) is 6.10 Å². The van der Waals surface area contributed by atoms with Crippen molar-refractivity contribution in [2.45, 2.75) is 44.8 Å². The molecule has 0 bridgehead atoms. The minimum absolute atomic E-state index is 0.277. The van der Waals surface area contributed by atoms with Gasteiger partial charge in [-0.1, -0.05) is 26.2 Å². The molecule has 4 heteroatoms. The van der Waals surface area contributed by atoms with Crippen LogP contribution < -0.4 is 11.3 Å². The van der Waals surface area contributed by atoms with Crippen LogP contribution in [-0.4, -0.2) is 43.3 Å². The molecule has 0 aromatic heterocycles. The van der Waals surface area contributed by atoms with Crippen molar-refractivity contribution < 1.29 is 4.74 Å². The zero-order chi connectivity index (χ0) is 11.4. The van der Waals surface area contributed by atoms with E-state index in [4.69, 9.17) is 10.6 Å². The van der Waals surface area contributed by atoms with Crippen molar-refractivity contribution in [2.24, 2.45) is 11.8 Å². The third kappa shape index (κ3) is 2.94. The monoisotopic (exact) mass is 227 g/mol. The van der Waals surface area contributed by atoms with Gasteiger partial charge in [0.25, 0.3) is 0 Å². The fourth-order valence-electron chi connectivity index (χ4n) is 2.68. The Morgan fingerprint density at radius 2 is 2.31 bits per heavy atom. The van der Waals surface area contributed by atoms with E-state index >= 15 is 0 Å². The molecular weight excluding hydrogens is 202 g/mol. The third-order valence-electron chi connectivity index (χ3n) is 4.10. The van der Waals surface area contributed by atoms with Gasteiger partial charge in [-0.25, -0.2) is 0 Å². The lowest BCUT2D eigenvalue weighted by Gasteiger charge is -2.38. The molecule has 2 unspecified atom stereocenters.